The molecule has 2 N–H and O–H groups in total. The second-order valence-corrected chi connectivity index (χ2v) is 7.35. The number of ether oxygens (including phenoxy) is 2. The number of primary amides is 1. The summed E-state index contributed by atoms with van der Waals surface area (Å²) in [5.74, 6) is 0.0939. The molecule has 3 rings (SSSR count). The Labute approximate surface area is 152 Å². The summed E-state index contributed by atoms with van der Waals surface area (Å²) in [6, 6.07) is 8.66. The van der Waals surface area contributed by atoms with Gasteiger partial charge in [0, 0.05) is 18.0 Å². The number of fused-ring (bicyclic) bond motifs is 1. The second kappa shape index (κ2) is 6.82. The van der Waals surface area contributed by atoms with E-state index < -0.39 is 23.6 Å². The monoisotopic (exact) mass is 357 g/mol. The molecule has 0 spiro atoms. The zero-order valence-corrected chi connectivity index (χ0v) is 15.1. The first-order valence-corrected chi connectivity index (χ1v) is 8.54. The van der Waals surface area contributed by atoms with E-state index >= 15 is 0 Å². The van der Waals surface area contributed by atoms with Crippen LogP contribution in [0, 0.1) is 0 Å². The van der Waals surface area contributed by atoms with Crippen LogP contribution in [0.5, 0.6) is 5.75 Å². The smallest absolute Gasteiger partial charge is 0.411 e. The molecule has 0 aliphatic carbocycles. The number of likely N-dealkylation sites (tertiary alicyclic amines) is 1. The SMILES string of the molecule is CC(C)(C)OC(=O)N1C[C@H](Oc2ccnc3ccccc23)C[C@H]1C(N)=O. The molecule has 7 heteroatoms. The molecule has 2 atom stereocenters. The van der Waals surface area contributed by atoms with Crippen molar-refractivity contribution in [1.82, 2.24) is 9.88 Å². The van der Waals surface area contributed by atoms with E-state index in [-0.39, 0.29) is 12.6 Å². The summed E-state index contributed by atoms with van der Waals surface area (Å²) < 4.78 is 11.5. The lowest BCUT2D eigenvalue weighted by atomic mass is 10.1. The molecule has 0 saturated carbocycles. The maximum absolute atomic E-state index is 12.4. The van der Waals surface area contributed by atoms with Crippen molar-refractivity contribution in [2.75, 3.05) is 6.54 Å². The fourth-order valence-corrected chi connectivity index (χ4v) is 3.03. The molecule has 1 aromatic heterocycles. The molecular weight excluding hydrogens is 334 g/mol. The van der Waals surface area contributed by atoms with Crippen LogP contribution in [-0.2, 0) is 9.53 Å². The fraction of sp³-hybridized carbons (Fsp3) is 0.421. The lowest BCUT2D eigenvalue weighted by Crippen LogP contribution is -2.45. The summed E-state index contributed by atoms with van der Waals surface area (Å²) in [5.41, 5.74) is 5.65. The lowest BCUT2D eigenvalue weighted by molar-refractivity contribution is -0.122. The summed E-state index contributed by atoms with van der Waals surface area (Å²) in [6.07, 6.45) is 1.08. The molecule has 2 amide bonds. The van der Waals surface area contributed by atoms with Crippen LogP contribution < -0.4 is 10.5 Å². The minimum Gasteiger partial charge on any atom is -0.488 e. The molecular formula is C19H23N3O4. The van der Waals surface area contributed by atoms with E-state index in [4.69, 9.17) is 15.2 Å². The number of amides is 2. The Bertz CT molecular complexity index is 826. The third kappa shape index (κ3) is 3.87. The Hall–Kier alpha value is -2.83. The second-order valence-electron chi connectivity index (χ2n) is 7.35. The van der Waals surface area contributed by atoms with Crippen molar-refractivity contribution in [1.29, 1.82) is 0 Å². The molecule has 1 aromatic carbocycles. The maximum atomic E-state index is 12.4. The predicted octanol–water partition coefficient (Wildman–Crippen LogP) is 2.48. The summed E-state index contributed by atoms with van der Waals surface area (Å²) in [4.78, 5) is 29.9. The van der Waals surface area contributed by atoms with Crippen molar-refractivity contribution in [2.24, 2.45) is 5.73 Å². The van der Waals surface area contributed by atoms with Gasteiger partial charge in [0.25, 0.3) is 0 Å². The van der Waals surface area contributed by atoms with Crippen LogP contribution in [-0.4, -0.2) is 46.2 Å². The Morgan fingerprint density at radius 3 is 2.65 bits per heavy atom. The highest BCUT2D eigenvalue weighted by Crippen LogP contribution is 2.29. The van der Waals surface area contributed by atoms with Crippen LogP contribution in [0.1, 0.15) is 27.2 Å². The number of nitrogens with zero attached hydrogens (tertiary/aromatic N) is 2. The van der Waals surface area contributed by atoms with E-state index in [1.54, 1.807) is 33.0 Å². The predicted molar refractivity (Wildman–Crippen MR) is 96.7 cm³/mol. The molecule has 7 nitrogen and oxygen atoms in total. The van der Waals surface area contributed by atoms with Crippen molar-refractivity contribution in [3.8, 4) is 5.75 Å². The van der Waals surface area contributed by atoms with Gasteiger partial charge in [0.15, 0.2) is 0 Å². The van der Waals surface area contributed by atoms with Crippen LogP contribution in [0.2, 0.25) is 0 Å². The van der Waals surface area contributed by atoms with Gasteiger partial charge in [-0.15, -0.1) is 0 Å². The quantitative estimate of drug-likeness (QED) is 0.910. The Balaban J connectivity index is 1.79. The van der Waals surface area contributed by atoms with Gasteiger partial charge in [-0.1, -0.05) is 12.1 Å². The van der Waals surface area contributed by atoms with Crippen molar-refractivity contribution in [3.05, 3.63) is 36.5 Å². The Kier molecular flexibility index (Phi) is 4.71. The van der Waals surface area contributed by atoms with Crippen LogP contribution in [0.25, 0.3) is 10.9 Å². The first kappa shape index (κ1) is 18.0. The number of benzene rings is 1. The molecule has 0 unspecified atom stereocenters. The lowest BCUT2D eigenvalue weighted by Gasteiger charge is -2.27. The maximum Gasteiger partial charge on any atom is 0.411 e. The van der Waals surface area contributed by atoms with Gasteiger partial charge < -0.3 is 15.2 Å². The molecule has 1 aliphatic heterocycles. The van der Waals surface area contributed by atoms with E-state index in [0.29, 0.717) is 12.2 Å². The third-order valence-electron chi connectivity index (χ3n) is 4.12. The van der Waals surface area contributed by atoms with Crippen molar-refractivity contribution >= 4 is 22.9 Å². The average molecular weight is 357 g/mol. The summed E-state index contributed by atoms with van der Waals surface area (Å²) in [5, 5.41) is 0.876. The topological polar surface area (TPSA) is 94.8 Å². The number of rotatable bonds is 3. The van der Waals surface area contributed by atoms with Crippen LogP contribution in [0.3, 0.4) is 0 Å². The van der Waals surface area contributed by atoms with Gasteiger partial charge in [0.05, 0.1) is 12.1 Å². The number of aromatic nitrogens is 1. The average Bonchev–Trinajstić information content (AvgIpc) is 2.98. The summed E-state index contributed by atoms with van der Waals surface area (Å²) in [6.45, 7) is 5.56. The first-order valence-electron chi connectivity index (χ1n) is 8.54. The normalized spacial score (nSPS) is 20.2. The number of pyridine rings is 1. The molecule has 138 valence electrons. The van der Waals surface area contributed by atoms with Crippen molar-refractivity contribution in [2.45, 2.75) is 44.9 Å². The molecule has 0 bridgehead atoms. The molecule has 0 radical (unpaired) electrons. The molecule has 2 heterocycles. The number of hydrogen-bond acceptors (Lipinski definition) is 5. The molecule has 1 aliphatic rings. The van der Waals surface area contributed by atoms with Gasteiger partial charge in [0.1, 0.15) is 23.5 Å². The van der Waals surface area contributed by atoms with E-state index in [9.17, 15) is 9.59 Å². The number of carbonyl (C=O) groups is 2. The van der Waals surface area contributed by atoms with Gasteiger partial charge in [-0.2, -0.15) is 0 Å². The molecule has 1 fully saturated rings. The van der Waals surface area contributed by atoms with E-state index in [0.717, 1.165) is 10.9 Å². The number of carbonyl (C=O) groups excluding carboxylic acids is 2. The first-order chi connectivity index (χ1) is 12.2. The number of nitrogens with two attached hydrogens (primary N) is 1. The minimum absolute atomic E-state index is 0.235. The van der Waals surface area contributed by atoms with Gasteiger partial charge in [-0.25, -0.2) is 4.79 Å². The van der Waals surface area contributed by atoms with Gasteiger partial charge in [-0.05, 0) is 39.0 Å². The number of para-hydroxylation sites is 1. The Morgan fingerprint density at radius 2 is 1.96 bits per heavy atom. The van der Waals surface area contributed by atoms with Gasteiger partial charge in [0.2, 0.25) is 5.91 Å². The standard InChI is InChI=1S/C19H23N3O4/c1-19(2,3)26-18(24)22-11-12(10-15(22)17(20)23)25-16-8-9-21-14-7-5-4-6-13(14)16/h4-9,12,15H,10-11H2,1-3H3,(H2,20,23)/t12-,15+/m1/s1. The van der Waals surface area contributed by atoms with E-state index in [2.05, 4.69) is 4.98 Å². The highest BCUT2D eigenvalue weighted by atomic mass is 16.6. The van der Waals surface area contributed by atoms with Crippen LogP contribution >= 0.6 is 0 Å². The fourth-order valence-electron chi connectivity index (χ4n) is 3.03. The minimum atomic E-state index is -0.747. The third-order valence-corrected chi connectivity index (χ3v) is 4.12. The highest BCUT2D eigenvalue weighted by molar-refractivity contribution is 5.86. The van der Waals surface area contributed by atoms with Crippen LogP contribution in [0.15, 0.2) is 36.5 Å². The van der Waals surface area contributed by atoms with E-state index in [1.165, 1.54) is 4.90 Å². The van der Waals surface area contributed by atoms with Gasteiger partial charge >= 0.3 is 6.09 Å². The van der Waals surface area contributed by atoms with Crippen molar-refractivity contribution in [3.63, 3.8) is 0 Å². The number of hydrogen-bond donors (Lipinski definition) is 1. The van der Waals surface area contributed by atoms with E-state index in [1.807, 2.05) is 24.3 Å². The van der Waals surface area contributed by atoms with Crippen LogP contribution in [0.4, 0.5) is 4.79 Å². The summed E-state index contributed by atoms with van der Waals surface area (Å²) >= 11 is 0. The van der Waals surface area contributed by atoms with Crippen molar-refractivity contribution < 1.29 is 19.1 Å². The largest absolute Gasteiger partial charge is 0.488 e. The van der Waals surface area contributed by atoms with Gasteiger partial charge in [-0.3, -0.25) is 14.7 Å². The highest BCUT2D eigenvalue weighted by Gasteiger charge is 2.41. The molecule has 1 saturated heterocycles. The Morgan fingerprint density at radius 1 is 1.23 bits per heavy atom. The molecule has 2 aromatic rings. The summed E-state index contributed by atoms with van der Waals surface area (Å²) in [7, 11) is 0. The zero-order chi connectivity index (χ0) is 18.9. The molecule has 26 heavy (non-hydrogen) atoms. The zero-order valence-electron chi connectivity index (χ0n) is 15.1.